The molecule has 5 heteroatoms. The Kier molecular flexibility index (Phi) is 6.00. The first-order valence-corrected chi connectivity index (χ1v) is 9.43. The summed E-state index contributed by atoms with van der Waals surface area (Å²) in [6.07, 6.45) is 0. The molecule has 0 aliphatic carbocycles. The second kappa shape index (κ2) is 8.44. The van der Waals surface area contributed by atoms with E-state index in [9.17, 15) is 0 Å². The molecule has 0 aliphatic heterocycles. The molecule has 0 aliphatic rings. The molecule has 144 valence electrons. The van der Waals surface area contributed by atoms with Crippen molar-refractivity contribution in [3.05, 3.63) is 66.2 Å². The third-order valence-electron chi connectivity index (χ3n) is 4.92. The van der Waals surface area contributed by atoms with Crippen molar-refractivity contribution in [2.45, 2.75) is 20.8 Å². The van der Waals surface area contributed by atoms with Crippen molar-refractivity contribution in [2.75, 3.05) is 23.3 Å². The van der Waals surface area contributed by atoms with Crippen molar-refractivity contribution in [3.8, 4) is 0 Å². The van der Waals surface area contributed by atoms with Gasteiger partial charge in [-0.15, -0.1) is 0 Å². The van der Waals surface area contributed by atoms with E-state index in [1.165, 1.54) is 5.56 Å². The van der Waals surface area contributed by atoms with E-state index in [1.807, 2.05) is 36.4 Å². The zero-order valence-electron chi connectivity index (χ0n) is 16.4. The van der Waals surface area contributed by atoms with Crippen LogP contribution < -0.4 is 22.6 Å². The number of rotatable bonds is 5. The van der Waals surface area contributed by atoms with Gasteiger partial charge in [-0.1, -0.05) is 18.2 Å². The lowest BCUT2D eigenvalue weighted by Gasteiger charge is -2.19. The summed E-state index contributed by atoms with van der Waals surface area (Å²) in [6, 6.07) is 20.5. The van der Waals surface area contributed by atoms with Crippen molar-refractivity contribution < 1.29 is 16.8 Å². The zero-order valence-corrected chi connectivity index (χ0v) is 17.1. The Morgan fingerprint density at radius 3 is 2.29 bits per heavy atom. The molecule has 1 aromatic heterocycles. The number of fused-ring (bicyclic) bond motifs is 2. The van der Waals surface area contributed by atoms with Gasteiger partial charge in [0.15, 0.2) is 11.0 Å². The van der Waals surface area contributed by atoms with Gasteiger partial charge in [0.2, 0.25) is 0 Å². The van der Waals surface area contributed by atoms with Gasteiger partial charge in [-0.05, 0) is 56.7 Å². The molecule has 28 heavy (non-hydrogen) atoms. The molecule has 3 aromatic carbocycles. The smallest absolute Gasteiger partial charge is 0.381 e. The number of hydrogen-bond acceptors (Lipinski definition) is 3. The third-order valence-corrected chi connectivity index (χ3v) is 4.92. The van der Waals surface area contributed by atoms with Gasteiger partial charge < -0.3 is 22.6 Å². The van der Waals surface area contributed by atoms with Gasteiger partial charge in [0, 0.05) is 30.2 Å². The summed E-state index contributed by atoms with van der Waals surface area (Å²) in [4.78, 5) is 7.06. The minimum absolute atomic E-state index is 0. The largest absolute Gasteiger partial charge is 1.00 e. The summed E-state index contributed by atoms with van der Waals surface area (Å²) in [6.45, 7) is 8.35. The zero-order chi connectivity index (χ0) is 18.8. The van der Waals surface area contributed by atoms with Crippen molar-refractivity contribution in [1.82, 2.24) is 4.98 Å². The third kappa shape index (κ3) is 3.87. The molecule has 0 amide bonds. The number of nitrogens with zero attached hydrogens (tertiary/aromatic N) is 2. The highest BCUT2D eigenvalue weighted by Crippen LogP contribution is 2.28. The minimum atomic E-state index is 0. The summed E-state index contributed by atoms with van der Waals surface area (Å²) >= 11 is 0. The minimum Gasteiger partial charge on any atom is -1.00 e. The van der Waals surface area contributed by atoms with Crippen LogP contribution in [0.15, 0.2) is 65.1 Å². The van der Waals surface area contributed by atoms with E-state index in [0.29, 0.717) is 0 Å². The summed E-state index contributed by atoms with van der Waals surface area (Å²) < 4.78 is 6.21. The highest BCUT2D eigenvalue weighted by molar-refractivity contribution is 5.87. The van der Waals surface area contributed by atoms with E-state index < -0.39 is 0 Å². The first-order chi connectivity index (χ1) is 13.2. The molecule has 4 nitrogen and oxygen atoms in total. The first kappa shape index (κ1) is 19.9. The predicted molar refractivity (Wildman–Crippen MR) is 114 cm³/mol. The van der Waals surface area contributed by atoms with Gasteiger partial charge in [0.25, 0.3) is 0 Å². The Morgan fingerprint density at radius 1 is 0.893 bits per heavy atom. The number of halogens is 1. The van der Waals surface area contributed by atoms with Crippen LogP contribution >= 0.6 is 0 Å². The molecule has 4 rings (SSSR count). The van der Waals surface area contributed by atoms with Gasteiger partial charge in [0.05, 0.1) is 12.1 Å². The number of hydrogen-bond donors (Lipinski definition) is 1. The van der Waals surface area contributed by atoms with Crippen LogP contribution in [0.3, 0.4) is 0 Å². The SMILES string of the molecule is CCN(CC)c1ccc2nc3ccc(Nc4ccccc4C)cc3[o+]c2c1.[Cl-]. The van der Waals surface area contributed by atoms with Gasteiger partial charge in [-0.3, -0.25) is 0 Å². The summed E-state index contributed by atoms with van der Waals surface area (Å²) in [5, 5.41) is 3.46. The molecule has 0 saturated carbocycles. The van der Waals surface area contributed by atoms with Crippen LogP contribution in [0, 0.1) is 6.92 Å². The van der Waals surface area contributed by atoms with E-state index >= 15 is 0 Å². The average molecular weight is 394 g/mol. The van der Waals surface area contributed by atoms with Gasteiger partial charge in [-0.25, -0.2) is 9.40 Å². The molecule has 0 unspecified atom stereocenters. The van der Waals surface area contributed by atoms with Crippen LogP contribution in [0.5, 0.6) is 0 Å². The molecule has 1 heterocycles. The van der Waals surface area contributed by atoms with Crippen LogP contribution in [0.2, 0.25) is 0 Å². The molecule has 4 aromatic rings. The maximum atomic E-state index is 6.21. The predicted octanol–water partition coefficient (Wildman–Crippen LogP) is 3.16. The van der Waals surface area contributed by atoms with E-state index in [1.54, 1.807) is 0 Å². The van der Waals surface area contributed by atoms with Crippen LogP contribution in [0.1, 0.15) is 19.4 Å². The first-order valence-electron chi connectivity index (χ1n) is 9.43. The number of aromatic nitrogens is 1. The van der Waals surface area contributed by atoms with Crippen LogP contribution in [0.25, 0.3) is 22.2 Å². The van der Waals surface area contributed by atoms with Crippen LogP contribution in [0.4, 0.5) is 17.1 Å². The summed E-state index contributed by atoms with van der Waals surface area (Å²) in [5.74, 6) is 0. The quantitative estimate of drug-likeness (QED) is 0.417. The summed E-state index contributed by atoms with van der Waals surface area (Å²) in [7, 11) is 0. The summed E-state index contributed by atoms with van der Waals surface area (Å²) in [5.41, 5.74) is 7.75. The fourth-order valence-electron chi connectivity index (χ4n) is 3.35. The van der Waals surface area contributed by atoms with Crippen molar-refractivity contribution in [3.63, 3.8) is 0 Å². The Bertz CT molecular complexity index is 1110. The van der Waals surface area contributed by atoms with Crippen molar-refractivity contribution in [1.29, 1.82) is 0 Å². The lowest BCUT2D eigenvalue weighted by molar-refractivity contribution is -0.00000601. The number of para-hydroxylation sites is 1. The van der Waals surface area contributed by atoms with Gasteiger partial charge in [0.1, 0.15) is 0 Å². The molecular weight excluding hydrogens is 370 g/mol. The van der Waals surface area contributed by atoms with Gasteiger partial charge in [-0.2, -0.15) is 0 Å². The van der Waals surface area contributed by atoms with Crippen LogP contribution in [-0.4, -0.2) is 18.1 Å². The maximum Gasteiger partial charge on any atom is 0.381 e. The molecule has 0 radical (unpaired) electrons. The fraction of sp³-hybridized carbons (Fsp3) is 0.217. The van der Waals surface area contributed by atoms with E-state index in [-0.39, 0.29) is 12.4 Å². The lowest BCUT2D eigenvalue weighted by atomic mass is 10.2. The molecule has 0 fully saturated rings. The highest BCUT2D eigenvalue weighted by Gasteiger charge is 2.16. The Hall–Kier alpha value is -2.85. The standard InChI is InChI=1S/C23H24N3O.ClH/c1-4-26(5-2)18-11-13-21-23(15-18)27-22-14-17(10-12-20(22)25-21)24-19-9-7-6-8-16(19)3;/h6-15,24H,4-5H2,1-3H3;1H/q+1;/p-1. The Balaban J connectivity index is 0.00000225. The normalized spacial score (nSPS) is 10.7. The highest BCUT2D eigenvalue weighted by atomic mass is 35.5. The second-order valence-electron chi connectivity index (χ2n) is 6.66. The molecule has 0 atom stereocenters. The number of aryl methyl sites for hydroxylation is 1. The fourth-order valence-corrected chi connectivity index (χ4v) is 3.35. The Morgan fingerprint density at radius 2 is 1.57 bits per heavy atom. The van der Waals surface area contributed by atoms with Crippen molar-refractivity contribution >= 4 is 39.3 Å². The number of benzene rings is 3. The lowest BCUT2D eigenvalue weighted by Crippen LogP contribution is -3.00. The molecule has 0 spiro atoms. The molecular formula is C23H24ClN3O. The van der Waals surface area contributed by atoms with Crippen molar-refractivity contribution in [2.24, 2.45) is 0 Å². The molecule has 0 bridgehead atoms. The second-order valence-corrected chi connectivity index (χ2v) is 6.66. The Labute approximate surface area is 171 Å². The van der Waals surface area contributed by atoms with Gasteiger partial charge >= 0.3 is 11.2 Å². The van der Waals surface area contributed by atoms with E-state index in [4.69, 9.17) is 9.40 Å². The maximum absolute atomic E-state index is 6.21. The number of anilines is 3. The van der Waals surface area contributed by atoms with Crippen LogP contribution in [-0.2, 0) is 0 Å². The topological polar surface area (TPSA) is 39.5 Å². The van der Waals surface area contributed by atoms with E-state index in [0.717, 1.165) is 52.4 Å². The van der Waals surface area contributed by atoms with E-state index in [2.05, 4.69) is 55.3 Å². The molecule has 0 saturated heterocycles. The average Bonchev–Trinajstić information content (AvgIpc) is 2.69. The number of nitrogens with one attached hydrogen (secondary N) is 1. The molecule has 1 N–H and O–H groups in total. The monoisotopic (exact) mass is 393 g/mol.